The number of ketones is 1. The van der Waals surface area contributed by atoms with E-state index in [0.717, 1.165) is 29.2 Å². The van der Waals surface area contributed by atoms with E-state index in [4.69, 9.17) is 11.6 Å². The monoisotopic (exact) mass is 502 g/mol. The Labute approximate surface area is 200 Å². The number of aliphatic hydroxyl groups is 1. The zero-order valence-corrected chi connectivity index (χ0v) is 18.2. The lowest BCUT2D eigenvalue weighted by atomic mass is 9.95. The second-order valence-electron chi connectivity index (χ2n) is 7.57. The molecule has 1 aliphatic heterocycles. The first-order valence-corrected chi connectivity index (χ1v) is 10.4. The van der Waals surface area contributed by atoms with Gasteiger partial charge in [0.2, 0.25) is 0 Å². The molecule has 0 spiro atoms. The third-order valence-corrected chi connectivity index (χ3v) is 5.69. The second-order valence-corrected chi connectivity index (χ2v) is 8.01. The van der Waals surface area contributed by atoms with Gasteiger partial charge < -0.3 is 5.11 Å². The van der Waals surface area contributed by atoms with Gasteiger partial charge in [0.15, 0.2) is 0 Å². The quantitative estimate of drug-likeness (QED) is 0.157. The predicted octanol–water partition coefficient (Wildman–Crippen LogP) is 5.89. The van der Waals surface area contributed by atoms with E-state index in [0.29, 0.717) is 11.1 Å². The molecule has 0 aliphatic carbocycles. The minimum atomic E-state index is -4.71. The van der Waals surface area contributed by atoms with Crippen LogP contribution in [0.1, 0.15) is 22.7 Å². The Hall–Kier alpha value is -4.18. The minimum absolute atomic E-state index is 0.142. The maximum Gasteiger partial charge on any atom is 0.416 e. The Balaban J connectivity index is 1.94. The van der Waals surface area contributed by atoms with Gasteiger partial charge in [0.1, 0.15) is 5.76 Å². The summed E-state index contributed by atoms with van der Waals surface area (Å²) in [5, 5.41) is 22.4. The number of amides is 1. The summed E-state index contributed by atoms with van der Waals surface area (Å²) in [5.41, 5.74) is -1.63. The van der Waals surface area contributed by atoms with Crippen LogP contribution in [0, 0.1) is 10.1 Å². The van der Waals surface area contributed by atoms with Crippen molar-refractivity contribution in [2.24, 2.45) is 0 Å². The highest BCUT2D eigenvalue weighted by atomic mass is 35.5. The van der Waals surface area contributed by atoms with Crippen molar-refractivity contribution < 1.29 is 32.8 Å². The number of alkyl halides is 3. The molecule has 3 aromatic rings. The first-order chi connectivity index (χ1) is 16.5. The summed E-state index contributed by atoms with van der Waals surface area (Å²) in [6.07, 6.45) is -4.71. The lowest BCUT2D eigenvalue weighted by Crippen LogP contribution is -2.29. The van der Waals surface area contributed by atoms with Crippen molar-refractivity contribution in [3.8, 4) is 0 Å². The fourth-order valence-corrected chi connectivity index (χ4v) is 3.91. The maximum atomic E-state index is 13.3. The number of benzene rings is 3. The number of rotatable bonds is 4. The van der Waals surface area contributed by atoms with E-state index in [1.807, 2.05) is 0 Å². The highest BCUT2D eigenvalue weighted by Gasteiger charge is 2.47. The van der Waals surface area contributed by atoms with Gasteiger partial charge in [-0.05, 0) is 60.2 Å². The van der Waals surface area contributed by atoms with Crippen LogP contribution in [0.3, 0.4) is 0 Å². The Morgan fingerprint density at radius 3 is 2.20 bits per heavy atom. The van der Waals surface area contributed by atoms with Crippen molar-refractivity contribution in [1.29, 1.82) is 0 Å². The number of nitro groups is 1. The number of hydrogen-bond acceptors (Lipinski definition) is 5. The number of nitro benzene ring substituents is 1. The molecule has 0 unspecified atom stereocenters. The second kappa shape index (κ2) is 8.88. The average molecular weight is 503 g/mol. The summed E-state index contributed by atoms with van der Waals surface area (Å²) in [4.78, 5) is 37.3. The molecule has 7 nitrogen and oxygen atoms in total. The summed E-state index contributed by atoms with van der Waals surface area (Å²) < 4.78 is 40.0. The first-order valence-electron chi connectivity index (χ1n) is 9.97. The van der Waals surface area contributed by atoms with Crippen molar-refractivity contribution in [2.45, 2.75) is 12.2 Å². The highest BCUT2D eigenvalue weighted by molar-refractivity contribution is 6.51. The molecule has 4 rings (SSSR count). The first kappa shape index (κ1) is 24.0. The molecule has 1 amide bonds. The zero-order valence-electron chi connectivity index (χ0n) is 17.5. The number of hydrogen-bond donors (Lipinski definition) is 1. The van der Waals surface area contributed by atoms with Crippen LogP contribution in [0.15, 0.2) is 78.4 Å². The normalized spacial score (nSPS) is 17.6. The van der Waals surface area contributed by atoms with Crippen LogP contribution in [0.5, 0.6) is 0 Å². The third kappa shape index (κ3) is 4.47. The molecule has 178 valence electrons. The lowest BCUT2D eigenvalue weighted by molar-refractivity contribution is -0.384. The molecule has 3 aromatic carbocycles. The number of carbonyl (C=O) groups is 2. The van der Waals surface area contributed by atoms with Crippen molar-refractivity contribution in [3.05, 3.63) is 110 Å². The summed E-state index contributed by atoms with van der Waals surface area (Å²) in [5.74, 6) is -2.86. The van der Waals surface area contributed by atoms with E-state index in [1.54, 1.807) is 0 Å². The van der Waals surface area contributed by atoms with Crippen LogP contribution in [-0.2, 0) is 15.8 Å². The lowest BCUT2D eigenvalue weighted by Gasteiger charge is -2.26. The number of aliphatic hydroxyl groups excluding tert-OH is 1. The van der Waals surface area contributed by atoms with E-state index in [9.17, 15) is 38.0 Å². The number of Topliss-reactive ketones (excluding diaryl/α,β-unsaturated/α-hetero) is 1. The highest BCUT2D eigenvalue weighted by Crippen LogP contribution is 2.43. The average Bonchev–Trinajstić information content (AvgIpc) is 3.09. The fourth-order valence-electron chi connectivity index (χ4n) is 3.79. The van der Waals surface area contributed by atoms with Crippen LogP contribution < -0.4 is 4.90 Å². The van der Waals surface area contributed by atoms with Gasteiger partial charge in [-0.1, -0.05) is 17.7 Å². The molecule has 1 N–H and O–H groups in total. The fraction of sp³-hybridized carbons (Fsp3) is 0.0833. The van der Waals surface area contributed by atoms with E-state index < -0.39 is 40.2 Å². The third-order valence-electron chi connectivity index (χ3n) is 5.43. The van der Waals surface area contributed by atoms with Crippen LogP contribution in [-0.4, -0.2) is 21.7 Å². The number of carbonyl (C=O) groups excluding carboxylic acids is 2. The molecule has 11 heteroatoms. The number of anilines is 1. The Kier molecular flexibility index (Phi) is 6.08. The Morgan fingerprint density at radius 2 is 1.63 bits per heavy atom. The van der Waals surface area contributed by atoms with Crippen LogP contribution in [0.25, 0.3) is 5.76 Å². The molecule has 1 aliphatic rings. The largest absolute Gasteiger partial charge is 0.507 e. The van der Waals surface area contributed by atoms with Crippen LogP contribution >= 0.6 is 11.6 Å². The van der Waals surface area contributed by atoms with Gasteiger partial charge in [0.05, 0.1) is 22.1 Å². The summed E-state index contributed by atoms with van der Waals surface area (Å²) in [7, 11) is 0. The van der Waals surface area contributed by atoms with E-state index in [2.05, 4.69) is 0 Å². The van der Waals surface area contributed by atoms with Crippen molar-refractivity contribution in [3.63, 3.8) is 0 Å². The van der Waals surface area contributed by atoms with E-state index in [-0.39, 0.29) is 28.1 Å². The molecular weight excluding hydrogens is 489 g/mol. The molecule has 0 radical (unpaired) electrons. The molecule has 1 atom stereocenters. The van der Waals surface area contributed by atoms with Gasteiger partial charge in [-0.15, -0.1) is 0 Å². The van der Waals surface area contributed by atoms with E-state index in [1.165, 1.54) is 42.5 Å². The molecule has 0 bridgehead atoms. The van der Waals surface area contributed by atoms with Gasteiger partial charge in [0, 0.05) is 28.4 Å². The summed E-state index contributed by atoms with van der Waals surface area (Å²) in [6.45, 7) is 0. The molecule has 1 heterocycles. The molecule has 0 saturated carbocycles. The zero-order chi connectivity index (χ0) is 25.5. The van der Waals surface area contributed by atoms with Gasteiger partial charge in [-0.25, -0.2) is 0 Å². The molecule has 1 saturated heterocycles. The Morgan fingerprint density at radius 1 is 1.00 bits per heavy atom. The summed E-state index contributed by atoms with van der Waals surface area (Å²) in [6, 6.07) is 13.0. The maximum absolute atomic E-state index is 13.3. The number of nitrogens with zero attached hydrogens (tertiary/aromatic N) is 2. The van der Waals surface area contributed by atoms with Crippen molar-refractivity contribution >= 4 is 40.4 Å². The SMILES string of the molecule is O=C1C(=O)N(c2cccc(C(F)(F)F)c2)[C@@H](c2ccc([N+](=O)[O-])cc2)C1=C(O)c1ccc(Cl)cc1. The molecular formula is C24H14ClF3N2O5. The van der Waals surface area contributed by atoms with Gasteiger partial charge in [-0.3, -0.25) is 24.6 Å². The molecule has 1 fully saturated rings. The predicted molar refractivity (Wildman–Crippen MR) is 121 cm³/mol. The Bertz CT molecular complexity index is 1370. The van der Waals surface area contributed by atoms with Crippen molar-refractivity contribution in [2.75, 3.05) is 4.90 Å². The smallest absolute Gasteiger partial charge is 0.416 e. The number of halogens is 4. The van der Waals surface area contributed by atoms with Crippen LogP contribution in [0.2, 0.25) is 5.02 Å². The standard InChI is InChI=1S/C24H14ClF3N2O5/c25-16-8-4-14(5-9-16)21(31)19-20(13-6-10-17(11-7-13)30(34)35)29(23(33)22(19)32)18-3-1-2-15(12-18)24(26,27)28/h1-12,20,31H/t20-/m0/s1. The summed E-state index contributed by atoms with van der Waals surface area (Å²) >= 11 is 5.87. The topological polar surface area (TPSA) is 101 Å². The van der Waals surface area contributed by atoms with Crippen LogP contribution in [0.4, 0.5) is 24.5 Å². The molecule has 35 heavy (non-hydrogen) atoms. The molecule has 0 aromatic heterocycles. The van der Waals surface area contributed by atoms with E-state index >= 15 is 0 Å². The van der Waals surface area contributed by atoms with Gasteiger partial charge >= 0.3 is 6.18 Å². The van der Waals surface area contributed by atoms with Gasteiger partial charge in [0.25, 0.3) is 17.4 Å². The van der Waals surface area contributed by atoms with Crippen molar-refractivity contribution in [1.82, 2.24) is 0 Å². The number of non-ortho nitro benzene ring substituents is 1. The van der Waals surface area contributed by atoms with Gasteiger partial charge in [-0.2, -0.15) is 13.2 Å². The minimum Gasteiger partial charge on any atom is -0.507 e.